The van der Waals surface area contributed by atoms with E-state index in [-0.39, 0.29) is 39.5 Å². The quantitative estimate of drug-likeness (QED) is 0.160. The second kappa shape index (κ2) is 15.6. The molecule has 0 saturated heterocycles. The standard InChI is InChI=1S/C34H34Cl3N3O4S/c1-3-20-38-34(42)31(21-25-8-5-4-6-9-25)39(22-26-14-16-27(35)17-15-26)32(41)23-40(30-11-7-10-29(36)33(30)37)45(43,44)28-18-12-24(2)13-19-28/h4-19,31H,3,20-23H2,1-2H3,(H,38,42)/t31-/m0/s1. The maximum absolute atomic E-state index is 14.5. The number of anilines is 1. The van der Waals surface area contributed by atoms with Crippen LogP contribution in [0.15, 0.2) is 102 Å². The molecule has 0 aromatic heterocycles. The van der Waals surface area contributed by atoms with Crippen molar-refractivity contribution >= 4 is 62.3 Å². The normalized spacial score (nSPS) is 11.9. The fourth-order valence-corrected chi connectivity index (χ4v) is 6.74. The van der Waals surface area contributed by atoms with Gasteiger partial charge in [0.15, 0.2) is 0 Å². The molecule has 1 atom stereocenters. The molecule has 7 nitrogen and oxygen atoms in total. The zero-order chi connectivity index (χ0) is 32.6. The predicted molar refractivity (Wildman–Crippen MR) is 181 cm³/mol. The Bertz CT molecular complexity index is 1720. The molecule has 4 aromatic carbocycles. The van der Waals surface area contributed by atoms with Gasteiger partial charge in [-0.1, -0.05) is 108 Å². The van der Waals surface area contributed by atoms with Crippen LogP contribution in [-0.4, -0.2) is 44.3 Å². The summed E-state index contributed by atoms with van der Waals surface area (Å²) in [7, 11) is -4.31. The van der Waals surface area contributed by atoms with Gasteiger partial charge in [-0.25, -0.2) is 8.42 Å². The zero-order valence-electron chi connectivity index (χ0n) is 24.9. The summed E-state index contributed by atoms with van der Waals surface area (Å²) >= 11 is 19.0. The van der Waals surface area contributed by atoms with Gasteiger partial charge in [0.25, 0.3) is 10.0 Å². The van der Waals surface area contributed by atoms with Crippen LogP contribution in [0, 0.1) is 6.92 Å². The molecule has 0 fully saturated rings. The fourth-order valence-electron chi connectivity index (χ4n) is 4.74. The van der Waals surface area contributed by atoms with Crippen LogP contribution in [0.4, 0.5) is 5.69 Å². The molecular formula is C34H34Cl3N3O4S. The molecule has 0 saturated carbocycles. The molecule has 45 heavy (non-hydrogen) atoms. The highest BCUT2D eigenvalue weighted by atomic mass is 35.5. The molecule has 0 aliphatic rings. The Morgan fingerprint density at radius 2 is 1.49 bits per heavy atom. The molecular weight excluding hydrogens is 653 g/mol. The van der Waals surface area contributed by atoms with Crippen LogP contribution in [0.25, 0.3) is 0 Å². The van der Waals surface area contributed by atoms with E-state index in [1.807, 2.05) is 44.2 Å². The minimum absolute atomic E-state index is 0.0200. The Morgan fingerprint density at radius 3 is 2.13 bits per heavy atom. The number of hydrogen-bond acceptors (Lipinski definition) is 4. The number of aryl methyl sites for hydroxylation is 1. The zero-order valence-corrected chi connectivity index (χ0v) is 28.0. The molecule has 4 aromatic rings. The molecule has 0 aliphatic heterocycles. The molecule has 0 heterocycles. The third kappa shape index (κ3) is 8.79. The van der Waals surface area contributed by atoms with Crippen LogP contribution in [0.2, 0.25) is 15.1 Å². The second-order valence-corrected chi connectivity index (χ2v) is 13.6. The first kappa shape index (κ1) is 34.3. The molecule has 0 unspecified atom stereocenters. The van der Waals surface area contributed by atoms with Gasteiger partial charge < -0.3 is 10.2 Å². The Kier molecular flexibility index (Phi) is 11.9. The highest BCUT2D eigenvalue weighted by Crippen LogP contribution is 2.35. The van der Waals surface area contributed by atoms with Gasteiger partial charge in [0.1, 0.15) is 12.6 Å². The van der Waals surface area contributed by atoms with Gasteiger partial charge in [0, 0.05) is 24.5 Å². The van der Waals surface area contributed by atoms with Crippen LogP contribution in [0.1, 0.15) is 30.0 Å². The van der Waals surface area contributed by atoms with Gasteiger partial charge >= 0.3 is 0 Å². The van der Waals surface area contributed by atoms with E-state index < -0.39 is 28.5 Å². The maximum atomic E-state index is 14.5. The lowest BCUT2D eigenvalue weighted by Gasteiger charge is -2.34. The lowest BCUT2D eigenvalue weighted by atomic mass is 10.0. The van der Waals surface area contributed by atoms with Crippen molar-refractivity contribution < 1.29 is 18.0 Å². The maximum Gasteiger partial charge on any atom is 0.264 e. The number of carbonyl (C=O) groups excluding carboxylic acids is 2. The smallest absolute Gasteiger partial charge is 0.264 e. The van der Waals surface area contributed by atoms with Gasteiger partial charge in [-0.3, -0.25) is 13.9 Å². The van der Waals surface area contributed by atoms with Crippen molar-refractivity contribution in [2.75, 3.05) is 17.4 Å². The Labute approximate surface area is 279 Å². The molecule has 0 radical (unpaired) electrons. The van der Waals surface area contributed by atoms with Crippen molar-refractivity contribution in [3.05, 3.63) is 129 Å². The van der Waals surface area contributed by atoms with Gasteiger partial charge in [-0.05, 0) is 60.9 Å². The molecule has 1 N–H and O–H groups in total. The number of nitrogens with zero attached hydrogens (tertiary/aromatic N) is 2. The van der Waals surface area contributed by atoms with E-state index in [4.69, 9.17) is 34.8 Å². The van der Waals surface area contributed by atoms with E-state index in [1.165, 1.54) is 29.2 Å². The van der Waals surface area contributed by atoms with Crippen molar-refractivity contribution in [3.8, 4) is 0 Å². The van der Waals surface area contributed by atoms with Crippen molar-refractivity contribution in [1.82, 2.24) is 10.2 Å². The Balaban J connectivity index is 1.82. The monoisotopic (exact) mass is 685 g/mol. The van der Waals surface area contributed by atoms with Crippen LogP contribution in [0.5, 0.6) is 0 Å². The molecule has 2 amide bonds. The van der Waals surface area contributed by atoms with Gasteiger partial charge in [0.2, 0.25) is 11.8 Å². The SMILES string of the molecule is CCCNC(=O)[C@H](Cc1ccccc1)N(Cc1ccc(Cl)cc1)C(=O)CN(c1cccc(Cl)c1Cl)S(=O)(=O)c1ccc(C)cc1. The number of carbonyl (C=O) groups is 2. The van der Waals surface area contributed by atoms with E-state index >= 15 is 0 Å². The van der Waals surface area contributed by atoms with Crippen molar-refractivity contribution in [2.45, 2.75) is 44.2 Å². The van der Waals surface area contributed by atoms with E-state index in [1.54, 1.807) is 42.5 Å². The van der Waals surface area contributed by atoms with Crippen LogP contribution in [-0.2, 0) is 32.6 Å². The summed E-state index contributed by atoms with van der Waals surface area (Å²) in [6.07, 6.45) is 0.906. The summed E-state index contributed by atoms with van der Waals surface area (Å²) in [5, 5.41) is 3.55. The predicted octanol–water partition coefficient (Wildman–Crippen LogP) is 7.32. The Morgan fingerprint density at radius 1 is 0.822 bits per heavy atom. The molecule has 4 rings (SSSR count). The topological polar surface area (TPSA) is 86.8 Å². The van der Waals surface area contributed by atoms with Crippen LogP contribution >= 0.6 is 34.8 Å². The van der Waals surface area contributed by atoms with Crippen LogP contribution in [0.3, 0.4) is 0 Å². The van der Waals surface area contributed by atoms with Gasteiger partial charge in [-0.2, -0.15) is 0 Å². The van der Waals surface area contributed by atoms with E-state index in [0.717, 1.165) is 15.4 Å². The first-order valence-corrected chi connectivity index (χ1v) is 17.0. The number of amides is 2. The molecule has 11 heteroatoms. The van der Waals surface area contributed by atoms with Crippen LogP contribution < -0.4 is 9.62 Å². The fraction of sp³-hybridized carbons (Fsp3) is 0.235. The van der Waals surface area contributed by atoms with Crippen molar-refractivity contribution in [2.24, 2.45) is 0 Å². The average molecular weight is 687 g/mol. The molecule has 236 valence electrons. The van der Waals surface area contributed by atoms with E-state index in [2.05, 4.69) is 5.32 Å². The van der Waals surface area contributed by atoms with Crippen molar-refractivity contribution in [3.63, 3.8) is 0 Å². The number of halogens is 3. The first-order valence-electron chi connectivity index (χ1n) is 14.4. The van der Waals surface area contributed by atoms with E-state index in [9.17, 15) is 18.0 Å². The van der Waals surface area contributed by atoms with E-state index in [0.29, 0.717) is 23.6 Å². The largest absolute Gasteiger partial charge is 0.354 e. The third-order valence-corrected chi connectivity index (χ3v) is 10.0. The number of nitrogens with one attached hydrogen (secondary N) is 1. The first-order chi connectivity index (χ1) is 21.5. The lowest BCUT2D eigenvalue weighted by Crippen LogP contribution is -2.53. The summed E-state index contributed by atoms with van der Waals surface area (Å²) in [5.41, 5.74) is 2.46. The Hall–Kier alpha value is -3.56. The van der Waals surface area contributed by atoms with Crippen molar-refractivity contribution in [1.29, 1.82) is 0 Å². The number of rotatable bonds is 13. The molecule has 0 bridgehead atoms. The number of sulfonamides is 1. The lowest BCUT2D eigenvalue weighted by molar-refractivity contribution is -0.140. The molecule has 0 aliphatic carbocycles. The summed E-state index contributed by atoms with van der Waals surface area (Å²) in [4.78, 5) is 29.6. The minimum Gasteiger partial charge on any atom is -0.354 e. The summed E-state index contributed by atoms with van der Waals surface area (Å²) in [6, 6.07) is 26.2. The summed E-state index contributed by atoms with van der Waals surface area (Å²) in [5.74, 6) is -0.957. The highest BCUT2D eigenvalue weighted by molar-refractivity contribution is 7.92. The summed E-state index contributed by atoms with van der Waals surface area (Å²) in [6.45, 7) is 3.58. The van der Waals surface area contributed by atoms with Gasteiger partial charge in [0.05, 0.1) is 20.6 Å². The second-order valence-electron chi connectivity index (χ2n) is 10.5. The minimum atomic E-state index is -4.31. The average Bonchev–Trinajstić information content (AvgIpc) is 3.03. The third-order valence-electron chi connectivity index (χ3n) is 7.17. The number of benzene rings is 4. The van der Waals surface area contributed by atoms with Gasteiger partial charge in [-0.15, -0.1) is 0 Å². The summed E-state index contributed by atoms with van der Waals surface area (Å²) < 4.78 is 29.3. The molecule has 0 spiro atoms. The highest BCUT2D eigenvalue weighted by Gasteiger charge is 2.35. The number of hydrogen-bond donors (Lipinski definition) is 1.